The zero-order valence-corrected chi connectivity index (χ0v) is 18.3. The number of hydrogen-bond acceptors (Lipinski definition) is 5. The number of anilines is 2. The van der Waals surface area contributed by atoms with Crippen LogP contribution < -0.4 is 10.6 Å². The van der Waals surface area contributed by atoms with E-state index in [0.29, 0.717) is 26.4 Å². The third-order valence-corrected chi connectivity index (χ3v) is 5.08. The van der Waals surface area contributed by atoms with Gasteiger partial charge in [0.25, 0.3) is 0 Å². The van der Waals surface area contributed by atoms with E-state index in [0.717, 1.165) is 37.2 Å². The minimum atomic E-state index is -0.351. The van der Waals surface area contributed by atoms with Crippen LogP contribution in [0.15, 0.2) is 18.2 Å². The Labute approximate surface area is 172 Å². The molecule has 1 unspecified atom stereocenters. The van der Waals surface area contributed by atoms with Crippen LogP contribution in [0.3, 0.4) is 0 Å². The monoisotopic (exact) mass is 394 g/mol. The van der Waals surface area contributed by atoms with Crippen LogP contribution in [0.4, 0.5) is 11.4 Å². The minimum Gasteiger partial charge on any atom is -0.399 e. The van der Waals surface area contributed by atoms with Gasteiger partial charge in [0.15, 0.2) is 0 Å². The van der Waals surface area contributed by atoms with Crippen LogP contribution in [0.25, 0.3) is 0 Å². The maximum absolute atomic E-state index is 9.95. The van der Waals surface area contributed by atoms with E-state index in [4.69, 9.17) is 15.2 Å². The Morgan fingerprint density at radius 3 is 2.43 bits per heavy atom. The van der Waals surface area contributed by atoms with Crippen molar-refractivity contribution in [1.82, 2.24) is 0 Å². The Balaban J connectivity index is 2.03. The number of aryl methyl sites for hydroxylation is 1. The average molecular weight is 395 g/mol. The third kappa shape index (κ3) is 10.9. The molecule has 0 aromatic heterocycles. The molecule has 1 aromatic carbocycles. The fraction of sp³-hybridized carbons (Fsp3) is 0.739. The lowest BCUT2D eigenvalue weighted by Crippen LogP contribution is -2.27. The maximum atomic E-state index is 9.95. The van der Waals surface area contributed by atoms with Gasteiger partial charge in [-0.2, -0.15) is 0 Å². The summed E-state index contributed by atoms with van der Waals surface area (Å²) in [7, 11) is 0. The smallest absolute Gasteiger partial charge is 0.0773 e. The molecular weight excluding hydrogens is 352 g/mol. The van der Waals surface area contributed by atoms with Crippen molar-refractivity contribution in [2.24, 2.45) is 0 Å². The topological polar surface area (TPSA) is 68.0 Å². The third-order valence-electron chi connectivity index (χ3n) is 5.08. The molecule has 0 spiro atoms. The zero-order chi connectivity index (χ0) is 20.6. The molecule has 0 aliphatic heterocycles. The number of nitrogens with two attached hydrogens (primary N) is 1. The molecule has 0 radical (unpaired) electrons. The summed E-state index contributed by atoms with van der Waals surface area (Å²) in [5, 5.41) is 9.95. The van der Waals surface area contributed by atoms with E-state index in [1.54, 1.807) is 0 Å². The SMILES string of the molecule is CCCCCCCCC(O)COCCOCCN(CC)c1ccc(N)c(C)c1. The molecule has 0 heterocycles. The molecule has 0 fully saturated rings. The summed E-state index contributed by atoms with van der Waals surface area (Å²) in [6.45, 7) is 10.3. The van der Waals surface area contributed by atoms with E-state index < -0.39 is 0 Å². The number of ether oxygens (including phenoxy) is 2. The van der Waals surface area contributed by atoms with Gasteiger partial charge < -0.3 is 25.2 Å². The number of unbranched alkanes of at least 4 members (excludes halogenated alkanes) is 5. The first-order valence-corrected chi connectivity index (χ1v) is 11.0. The lowest BCUT2D eigenvalue weighted by atomic mass is 10.1. The molecule has 3 N–H and O–H groups in total. The van der Waals surface area contributed by atoms with Gasteiger partial charge in [-0.15, -0.1) is 0 Å². The molecule has 5 heteroatoms. The van der Waals surface area contributed by atoms with Crippen LogP contribution >= 0.6 is 0 Å². The highest BCUT2D eigenvalue weighted by Crippen LogP contribution is 2.20. The Kier molecular flexibility index (Phi) is 13.8. The van der Waals surface area contributed by atoms with Crippen LogP contribution in [-0.2, 0) is 9.47 Å². The maximum Gasteiger partial charge on any atom is 0.0773 e. The lowest BCUT2D eigenvalue weighted by Gasteiger charge is -2.23. The molecule has 0 amide bonds. The number of likely N-dealkylation sites (N-methyl/N-ethyl adjacent to an activating group) is 1. The fourth-order valence-electron chi connectivity index (χ4n) is 3.18. The first kappa shape index (κ1) is 24.7. The molecule has 0 saturated carbocycles. The van der Waals surface area contributed by atoms with E-state index in [1.165, 1.54) is 37.8 Å². The Morgan fingerprint density at radius 1 is 1.00 bits per heavy atom. The zero-order valence-electron chi connectivity index (χ0n) is 18.3. The van der Waals surface area contributed by atoms with Gasteiger partial charge in [-0.3, -0.25) is 0 Å². The molecule has 1 rings (SSSR count). The molecule has 0 aliphatic carbocycles. The van der Waals surface area contributed by atoms with Gasteiger partial charge in [-0.1, -0.05) is 45.4 Å². The average Bonchev–Trinajstić information content (AvgIpc) is 2.69. The van der Waals surface area contributed by atoms with Crippen molar-refractivity contribution < 1.29 is 14.6 Å². The minimum absolute atomic E-state index is 0.351. The van der Waals surface area contributed by atoms with Crippen molar-refractivity contribution in [2.45, 2.75) is 71.8 Å². The summed E-state index contributed by atoms with van der Waals surface area (Å²) in [6.07, 6.45) is 7.96. The van der Waals surface area contributed by atoms with E-state index >= 15 is 0 Å². The van der Waals surface area contributed by atoms with Crippen LogP contribution in [0.5, 0.6) is 0 Å². The first-order valence-electron chi connectivity index (χ1n) is 11.0. The van der Waals surface area contributed by atoms with Gasteiger partial charge in [0, 0.05) is 24.5 Å². The molecule has 0 bridgehead atoms. The number of aliphatic hydroxyl groups is 1. The number of rotatable bonds is 17. The second kappa shape index (κ2) is 15.6. The first-order chi connectivity index (χ1) is 13.6. The predicted octanol–water partition coefficient (Wildman–Crippen LogP) is 4.55. The molecule has 5 nitrogen and oxygen atoms in total. The van der Waals surface area contributed by atoms with Crippen LogP contribution in [0.2, 0.25) is 0 Å². The molecule has 1 aromatic rings. The second-order valence-corrected chi connectivity index (χ2v) is 7.52. The quantitative estimate of drug-likeness (QED) is 0.300. The highest BCUT2D eigenvalue weighted by atomic mass is 16.5. The number of benzene rings is 1. The highest BCUT2D eigenvalue weighted by molar-refractivity contribution is 5.57. The summed E-state index contributed by atoms with van der Waals surface area (Å²) in [5.41, 5.74) is 9.00. The molecule has 1 atom stereocenters. The Morgan fingerprint density at radius 2 is 1.71 bits per heavy atom. The van der Waals surface area contributed by atoms with Crippen molar-refractivity contribution in [1.29, 1.82) is 0 Å². The van der Waals surface area contributed by atoms with Crippen LogP contribution in [0.1, 0.15) is 64.4 Å². The summed E-state index contributed by atoms with van der Waals surface area (Å²) in [4.78, 5) is 2.28. The number of aliphatic hydroxyl groups excluding tert-OH is 1. The summed E-state index contributed by atoms with van der Waals surface area (Å²) >= 11 is 0. The Bertz CT molecular complexity index is 511. The number of nitrogen functional groups attached to an aromatic ring is 1. The highest BCUT2D eigenvalue weighted by Gasteiger charge is 2.06. The predicted molar refractivity (Wildman–Crippen MR) is 119 cm³/mol. The van der Waals surface area contributed by atoms with Gasteiger partial charge in [0.2, 0.25) is 0 Å². The molecule has 28 heavy (non-hydrogen) atoms. The van der Waals surface area contributed by atoms with Crippen molar-refractivity contribution in [3.8, 4) is 0 Å². The van der Waals surface area contributed by atoms with E-state index in [2.05, 4.69) is 30.9 Å². The van der Waals surface area contributed by atoms with Crippen molar-refractivity contribution >= 4 is 11.4 Å². The van der Waals surface area contributed by atoms with Gasteiger partial charge in [0.05, 0.1) is 32.5 Å². The van der Waals surface area contributed by atoms with Crippen molar-refractivity contribution in [3.63, 3.8) is 0 Å². The van der Waals surface area contributed by atoms with Crippen molar-refractivity contribution in [3.05, 3.63) is 23.8 Å². The number of hydrogen-bond donors (Lipinski definition) is 2. The normalized spacial score (nSPS) is 12.3. The molecule has 0 saturated heterocycles. The van der Waals surface area contributed by atoms with Gasteiger partial charge >= 0.3 is 0 Å². The lowest BCUT2D eigenvalue weighted by molar-refractivity contribution is 0.00182. The molecule has 162 valence electrons. The van der Waals surface area contributed by atoms with Gasteiger partial charge in [0.1, 0.15) is 0 Å². The largest absolute Gasteiger partial charge is 0.399 e. The van der Waals surface area contributed by atoms with Gasteiger partial charge in [-0.25, -0.2) is 0 Å². The van der Waals surface area contributed by atoms with Crippen molar-refractivity contribution in [2.75, 3.05) is 50.2 Å². The summed E-state index contributed by atoms with van der Waals surface area (Å²) < 4.78 is 11.2. The van der Waals surface area contributed by atoms with Crippen LogP contribution in [-0.4, -0.2) is 50.7 Å². The van der Waals surface area contributed by atoms with Gasteiger partial charge in [-0.05, 0) is 44.0 Å². The molecule has 0 aliphatic rings. The summed E-state index contributed by atoms with van der Waals surface area (Å²) in [6, 6.07) is 6.13. The second-order valence-electron chi connectivity index (χ2n) is 7.52. The standard InChI is InChI=1S/C23H42N2O3/c1-4-6-7-8-9-10-11-22(26)19-28-17-16-27-15-14-25(5-2)21-12-13-23(24)20(3)18-21/h12-13,18,22,26H,4-11,14-17,19,24H2,1-3H3. The van der Waals surface area contributed by atoms with E-state index in [9.17, 15) is 5.11 Å². The van der Waals surface area contributed by atoms with Crippen LogP contribution in [0, 0.1) is 6.92 Å². The Hall–Kier alpha value is -1.30. The number of nitrogens with zero attached hydrogens (tertiary/aromatic N) is 1. The molecular formula is C23H42N2O3. The fourth-order valence-corrected chi connectivity index (χ4v) is 3.18. The summed E-state index contributed by atoms with van der Waals surface area (Å²) in [5.74, 6) is 0. The van der Waals surface area contributed by atoms with E-state index in [-0.39, 0.29) is 6.10 Å². The van der Waals surface area contributed by atoms with E-state index in [1.807, 2.05) is 13.0 Å².